The van der Waals surface area contributed by atoms with E-state index in [1.165, 1.54) is 4.90 Å². The molecule has 88 valence electrons. The minimum atomic E-state index is -0.906. The van der Waals surface area contributed by atoms with Crippen LogP contribution in [-0.2, 0) is 4.79 Å². The van der Waals surface area contributed by atoms with E-state index in [9.17, 15) is 9.59 Å². The highest BCUT2D eigenvalue weighted by Gasteiger charge is 2.16. The molecule has 0 aromatic carbocycles. The predicted octanol–water partition coefficient (Wildman–Crippen LogP) is -0.303. The maximum Gasteiger partial charge on any atom is 0.317 e. The number of nitrogens with two attached hydrogens (primary N) is 1. The van der Waals surface area contributed by atoms with Gasteiger partial charge in [0.2, 0.25) is 0 Å². The quantitative estimate of drug-likeness (QED) is 0.532. The minimum Gasteiger partial charge on any atom is -0.481 e. The maximum absolute atomic E-state index is 11.4. The molecule has 0 fully saturated rings. The summed E-state index contributed by atoms with van der Waals surface area (Å²) in [5, 5.41) is 11.3. The number of carboxylic acid groups (broad SMARTS) is 1. The molecule has 2 amide bonds. The van der Waals surface area contributed by atoms with Gasteiger partial charge in [0.25, 0.3) is 0 Å². The fourth-order valence-electron chi connectivity index (χ4n) is 1.00. The number of rotatable bonds is 6. The molecule has 0 aliphatic rings. The zero-order chi connectivity index (χ0) is 11.8. The second-order valence-corrected chi connectivity index (χ2v) is 3.49. The molecule has 6 nitrogen and oxygen atoms in total. The lowest BCUT2D eigenvalue weighted by molar-refractivity contribution is -0.141. The summed E-state index contributed by atoms with van der Waals surface area (Å²) in [5.41, 5.74) is 5.27. The van der Waals surface area contributed by atoms with Crippen molar-refractivity contribution in [2.24, 2.45) is 11.7 Å². The first-order valence-corrected chi connectivity index (χ1v) is 4.90. The van der Waals surface area contributed by atoms with E-state index in [1.54, 1.807) is 14.0 Å². The average molecular weight is 217 g/mol. The van der Waals surface area contributed by atoms with Gasteiger partial charge < -0.3 is 21.1 Å². The van der Waals surface area contributed by atoms with Crippen LogP contribution in [0.25, 0.3) is 0 Å². The monoisotopic (exact) mass is 217 g/mol. The molecule has 0 aromatic heterocycles. The molecule has 0 aromatic rings. The Hall–Kier alpha value is -1.30. The van der Waals surface area contributed by atoms with E-state index in [4.69, 9.17) is 10.8 Å². The van der Waals surface area contributed by atoms with Crippen molar-refractivity contribution >= 4 is 12.0 Å². The van der Waals surface area contributed by atoms with E-state index in [-0.39, 0.29) is 12.6 Å². The van der Waals surface area contributed by atoms with E-state index in [0.717, 1.165) is 0 Å². The Kier molecular flexibility index (Phi) is 6.44. The third-order valence-corrected chi connectivity index (χ3v) is 1.97. The van der Waals surface area contributed by atoms with E-state index in [1.807, 2.05) is 0 Å². The SMILES string of the molecule is CC(CN(C)C(=O)NCCCN)C(=O)O. The molecule has 0 rings (SSSR count). The normalized spacial score (nSPS) is 11.9. The van der Waals surface area contributed by atoms with Crippen LogP contribution in [0.1, 0.15) is 13.3 Å². The van der Waals surface area contributed by atoms with E-state index >= 15 is 0 Å². The predicted molar refractivity (Wildman–Crippen MR) is 56.5 cm³/mol. The Balaban J connectivity index is 3.83. The molecular weight excluding hydrogens is 198 g/mol. The summed E-state index contributed by atoms with van der Waals surface area (Å²) in [6.07, 6.45) is 0.716. The van der Waals surface area contributed by atoms with Crippen LogP contribution >= 0.6 is 0 Å². The van der Waals surface area contributed by atoms with Crippen LogP contribution in [0, 0.1) is 5.92 Å². The van der Waals surface area contributed by atoms with Crippen LogP contribution in [0.5, 0.6) is 0 Å². The topological polar surface area (TPSA) is 95.7 Å². The lowest BCUT2D eigenvalue weighted by atomic mass is 10.2. The van der Waals surface area contributed by atoms with Crippen LogP contribution in [0.3, 0.4) is 0 Å². The Bertz CT molecular complexity index is 221. The van der Waals surface area contributed by atoms with E-state index < -0.39 is 11.9 Å². The second kappa shape index (κ2) is 7.05. The van der Waals surface area contributed by atoms with Crippen LogP contribution in [-0.4, -0.2) is 48.7 Å². The molecule has 0 spiro atoms. The summed E-state index contributed by atoms with van der Waals surface area (Å²) in [4.78, 5) is 23.3. The lowest BCUT2D eigenvalue weighted by Gasteiger charge is -2.19. The van der Waals surface area contributed by atoms with Gasteiger partial charge in [-0.1, -0.05) is 6.92 Å². The highest BCUT2D eigenvalue weighted by Crippen LogP contribution is 1.98. The van der Waals surface area contributed by atoms with Crippen molar-refractivity contribution in [2.75, 3.05) is 26.7 Å². The van der Waals surface area contributed by atoms with Crippen molar-refractivity contribution in [1.82, 2.24) is 10.2 Å². The summed E-state index contributed by atoms with van der Waals surface area (Å²) in [6, 6.07) is -0.267. The van der Waals surface area contributed by atoms with Crippen LogP contribution in [0.2, 0.25) is 0 Å². The van der Waals surface area contributed by atoms with Gasteiger partial charge in [-0.2, -0.15) is 0 Å². The van der Waals surface area contributed by atoms with Crippen molar-refractivity contribution in [3.63, 3.8) is 0 Å². The summed E-state index contributed by atoms with van der Waals surface area (Å²) in [5.74, 6) is -1.47. The van der Waals surface area contributed by atoms with E-state index in [0.29, 0.717) is 19.5 Å². The first-order chi connectivity index (χ1) is 6.99. The largest absolute Gasteiger partial charge is 0.481 e. The number of carboxylic acids is 1. The number of nitrogens with one attached hydrogen (secondary N) is 1. The number of amides is 2. The Morgan fingerprint density at radius 3 is 2.60 bits per heavy atom. The zero-order valence-corrected chi connectivity index (χ0v) is 9.19. The van der Waals surface area contributed by atoms with Gasteiger partial charge in [-0.3, -0.25) is 4.79 Å². The van der Waals surface area contributed by atoms with Gasteiger partial charge in [-0.05, 0) is 13.0 Å². The molecule has 0 aliphatic heterocycles. The highest BCUT2D eigenvalue weighted by atomic mass is 16.4. The molecule has 0 radical (unpaired) electrons. The molecule has 0 saturated carbocycles. The number of hydrogen-bond donors (Lipinski definition) is 3. The molecule has 6 heteroatoms. The second-order valence-electron chi connectivity index (χ2n) is 3.49. The molecule has 0 heterocycles. The van der Waals surface area contributed by atoms with Gasteiger partial charge >= 0.3 is 12.0 Å². The van der Waals surface area contributed by atoms with Crippen molar-refractivity contribution in [3.8, 4) is 0 Å². The minimum absolute atomic E-state index is 0.198. The van der Waals surface area contributed by atoms with Crippen molar-refractivity contribution in [1.29, 1.82) is 0 Å². The molecule has 1 unspecified atom stereocenters. The first kappa shape index (κ1) is 13.7. The third kappa shape index (κ3) is 5.90. The summed E-state index contributed by atoms with van der Waals surface area (Å²) in [7, 11) is 1.57. The van der Waals surface area contributed by atoms with Crippen molar-refractivity contribution in [3.05, 3.63) is 0 Å². The van der Waals surface area contributed by atoms with Crippen LogP contribution < -0.4 is 11.1 Å². The third-order valence-electron chi connectivity index (χ3n) is 1.97. The summed E-state index contributed by atoms with van der Waals surface area (Å²) >= 11 is 0. The number of urea groups is 1. The molecule has 15 heavy (non-hydrogen) atoms. The van der Waals surface area contributed by atoms with Gasteiger partial charge in [-0.15, -0.1) is 0 Å². The molecule has 1 atom stereocenters. The summed E-state index contributed by atoms with van der Waals surface area (Å²) < 4.78 is 0. The Labute approximate surface area is 89.4 Å². The van der Waals surface area contributed by atoms with Gasteiger partial charge in [0.15, 0.2) is 0 Å². The number of carbonyl (C=O) groups is 2. The average Bonchev–Trinajstić information content (AvgIpc) is 2.17. The lowest BCUT2D eigenvalue weighted by Crippen LogP contribution is -2.41. The number of carbonyl (C=O) groups excluding carboxylic acids is 1. The van der Waals surface area contributed by atoms with Crippen molar-refractivity contribution < 1.29 is 14.7 Å². The number of nitrogens with zero attached hydrogens (tertiary/aromatic N) is 1. The van der Waals surface area contributed by atoms with E-state index in [2.05, 4.69) is 5.32 Å². The Morgan fingerprint density at radius 2 is 2.13 bits per heavy atom. The molecule has 0 bridgehead atoms. The summed E-state index contributed by atoms with van der Waals surface area (Å²) in [6.45, 7) is 2.80. The van der Waals surface area contributed by atoms with Crippen molar-refractivity contribution in [2.45, 2.75) is 13.3 Å². The zero-order valence-electron chi connectivity index (χ0n) is 9.19. The van der Waals surface area contributed by atoms with Gasteiger partial charge in [0.05, 0.1) is 5.92 Å². The van der Waals surface area contributed by atoms with Gasteiger partial charge in [0, 0.05) is 20.1 Å². The standard InChI is InChI=1S/C9H19N3O3/c1-7(8(13)14)6-12(2)9(15)11-5-3-4-10/h7H,3-6,10H2,1-2H3,(H,11,15)(H,13,14). The maximum atomic E-state index is 11.4. The first-order valence-electron chi connectivity index (χ1n) is 4.90. The molecule has 0 aliphatic carbocycles. The van der Waals surface area contributed by atoms with Gasteiger partial charge in [0.1, 0.15) is 0 Å². The Morgan fingerprint density at radius 1 is 1.53 bits per heavy atom. The smallest absolute Gasteiger partial charge is 0.317 e. The fraction of sp³-hybridized carbons (Fsp3) is 0.778. The fourth-order valence-corrected chi connectivity index (χ4v) is 1.00. The van der Waals surface area contributed by atoms with Crippen LogP contribution in [0.15, 0.2) is 0 Å². The van der Waals surface area contributed by atoms with Crippen LogP contribution in [0.4, 0.5) is 4.79 Å². The van der Waals surface area contributed by atoms with Gasteiger partial charge in [-0.25, -0.2) is 4.79 Å². The number of hydrogen-bond acceptors (Lipinski definition) is 3. The molecule has 0 saturated heterocycles. The number of aliphatic carboxylic acids is 1. The highest BCUT2D eigenvalue weighted by molar-refractivity contribution is 5.75. The molecular formula is C9H19N3O3. The molecule has 4 N–H and O–H groups in total.